The largest absolute Gasteiger partial charge is 0.456 e. The predicted octanol–water partition coefficient (Wildman–Crippen LogP) is 12.6. The van der Waals surface area contributed by atoms with Crippen LogP contribution in [0.1, 0.15) is 5.56 Å². The number of nitrogens with one attached hydrogen (secondary N) is 1. The second kappa shape index (κ2) is 12.0. The number of hydrogen-bond donors (Lipinski definition) is 1. The van der Waals surface area contributed by atoms with Crippen LogP contribution in [0, 0.1) is 0 Å². The molecule has 1 aliphatic rings. The average molecular weight is 701 g/mol. The van der Waals surface area contributed by atoms with E-state index in [9.17, 15) is 0 Å². The first-order valence-corrected chi connectivity index (χ1v) is 18.8. The van der Waals surface area contributed by atoms with Crippen molar-refractivity contribution in [3.63, 3.8) is 0 Å². The van der Waals surface area contributed by atoms with E-state index in [1.54, 1.807) is 11.8 Å². The van der Waals surface area contributed by atoms with Crippen molar-refractivity contribution >= 4 is 66.7 Å². The number of furan rings is 1. The Morgan fingerprint density at radius 3 is 2.30 bits per heavy atom. The highest BCUT2D eigenvalue weighted by molar-refractivity contribution is 7.99. The molecule has 0 amide bonds. The molecule has 0 bridgehead atoms. The van der Waals surface area contributed by atoms with Crippen molar-refractivity contribution in [2.75, 3.05) is 11.4 Å². The second-order valence-electron chi connectivity index (χ2n) is 13.6. The summed E-state index contributed by atoms with van der Waals surface area (Å²) in [5.41, 5.74) is 10.8. The fourth-order valence-electron chi connectivity index (χ4n) is 8.07. The summed E-state index contributed by atoms with van der Waals surface area (Å²) in [7, 11) is 0. The number of benzene rings is 7. The Kier molecular flexibility index (Phi) is 6.85. The zero-order chi connectivity index (χ0) is 34.9. The Bertz CT molecular complexity index is 2950. The first kappa shape index (κ1) is 30.2. The van der Waals surface area contributed by atoms with Gasteiger partial charge in [-0.2, -0.15) is 5.10 Å². The summed E-state index contributed by atoms with van der Waals surface area (Å²) in [6.45, 7) is 0.849. The van der Waals surface area contributed by atoms with Crippen LogP contribution in [0.5, 0.6) is 0 Å². The minimum absolute atomic E-state index is 0.823. The number of fused-ring (bicyclic) bond motifs is 5. The van der Waals surface area contributed by atoms with Crippen molar-refractivity contribution in [3.05, 3.63) is 169 Å². The van der Waals surface area contributed by atoms with Gasteiger partial charge in [-0.05, 0) is 71.3 Å². The maximum absolute atomic E-state index is 6.94. The van der Waals surface area contributed by atoms with Crippen molar-refractivity contribution in [1.29, 1.82) is 0 Å². The van der Waals surface area contributed by atoms with Gasteiger partial charge in [-0.25, -0.2) is 4.68 Å². The van der Waals surface area contributed by atoms with Gasteiger partial charge in [0.05, 0.1) is 33.5 Å². The average Bonchev–Trinajstić information content (AvgIpc) is 4.02. The van der Waals surface area contributed by atoms with Gasteiger partial charge >= 0.3 is 0 Å². The number of anilines is 2. The lowest BCUT2D eigenvalue weighted by molar-refractivity contribution is 0.629. The molecular weight excluding hydrogens is 669 g/mol. The Hall–Kier alpha value is -6.50. The number of H-pyrrole nitrogens is 1. The van der Waals surface area contributed by atoms with E-state index in [2.05, 4.69) is 166 Å². The molecule has 0 fully saturated rings. The molecule has 4 heterocycles. The van der Waals surface area contributed by atoms with Crippen LogP contribution in [0.2, 0.25) is 0 Å². The number of aromatic amines is 1. The van der Waals surface area contributed by atoms with Gasteiger partial charge in [-0.1, -0.05) is 121 Å². The number of hydrogen-bond acceptors (Lipinski definition) is 4. The normalized spacial score (nSPS) is 12.8. The molecule has 0 radical (unpaired) electrons. The van der Waals surface area contributed by atoms with Crippen molar-refractivity contribution < 1.29 is 4.42 Å². The SMILES string of the molecule is c1ccc2c(c1)CCN2c1c(-c2cc3ccccc3[nH]2)cc(-n2ncc3ccccc32)c(Sc2cccc3ccccc23)c1-c1cc2ccccc2o1. The third kappa shape index (κ3) is 4.90. The molecule has 1 aliphatic heterocycles. The molecule has 11 rings (SSSR count). The summed E-state index contributed by atoms with van der Waals surface area (Å²) in [5.74, 6) is 0.823. The van der Waals surface area contributed by atoms with E-state index in [1.807, 2.05) is 12.3 Å². The van der Waals surface area contributed by atoms with E-state index in [0.717, 1.165) is 79.2 Å². The molecule has 0 aliphatic carbocycles. The van der Waals surface area contributed by atoms with Crippen LogP contribution < -0.4 is 4.90 Å². The second-order valence-corrected chi connectivity index (χ2v) is 14.7. The summed E-state index contributed by atoms with van der Waals surface area (Å²) in [5, 5.41) is 10.8. The third-order valence-electron chi connectivity index (χ3n) is 10.5. The van der Waals surface area contributed by atoms with Crippen LogP contribution >= 0.6 is 11.8 Å². The quantitative estimate of drug-likeness (QED) is 0.188. The highest BCUT2D eigenvalue weighted by atomic mass is 32.2. The molecule has 7 aromatic carbocycles. The summed E-state index contributed by atoms with van der Waals surface area (Å²) >= 11 is 1.79. The zero-order valence-corrected chi connectivity index (χ0v) is 29.5. The lowest BCUT2D eigenvalue weighted by Crippen LogP contribution is -2.17. The summed E-state index contributed by atoms with van der Waals surface area (Å²) in [4.78, 5) is 8.57. The molecule has 53 heavy (non-hydrogen) atoms. The van der Waals surface area contributed by atoms with E-state index in [-0.39, 0.29) is 0 Å². The molecular formula is C47H32N4OS. The minimum Gasteiger partial charge on any atom is -0.456 e. The molecule has 0 spiro atoms. The first-order chi connectivity index (χ1) is 26.3. The smallest absolute Gasteiger partial charge is 0.138 e. The highest BCUT2D eigenvalue weighted by Gasteiger charge is 2.32. The van der Waals surface area contributed by atoms with E-state index in [1.165, 1.54) is 32.3 Å². The number of rotatable bonds is 6. The molecule has 252 valence electrons. The summed E-state index contributed by atoms with van der Waals surface area (Å²) in [6, 6.07) is 56.1. The van der Waals surface area contributed by atoms with Crippen LogP contribution in [0.15, 0.2) is 178 Å². The highest BCUT2D eigenvalue weighted by Crippen LogP contribution is 2.54. The topological polar surface area (TPSA) is 50.0 Å². The van der Waals surface area contributed by atoms with E-state index in [4.69, 9.17) is 9.52 Å². The van der Waals surface area contributed by atoms with Crippen molar-refractivity contribution in [3.8, 4) is 28.3 Å². The van der Waals surface area contributed by atoms with E-state index < -0.39 is 0 Å². The number of aromatic nitrogens is 3. The molecule has 0 saturated heterocycles. The molecule has 0 saturated carbocycles. The molecule has 0 atom stereocenters. The molecule has 1 N–H and O–H groups in total. The fraction of sp³-hybridized carbons (Fsp3) is 0.0426. The standard InChI is InChI=1S/C47H32N4OS/c1-6-18-35-30(12-1)17-11-23-44(35)53-47-41(51-40-21-9-4-16-34(40)29-48-51)28-36(38-26-32-14-2-7-19-37(32)49-38)46(50-25-24-31-13-3-8-20-39(31)50)45(47)43-27-33-15-5-10-22-42(33)52-43/h1-23,26-29,49H,24-25H2. The van der Waals surface area contributed by atoms with Crippen molar-refractivity contribution in [2.45, 2.75) is 16.2 Å². The maximum Gasteiger partial charge on any atom is 0.138 e. The number of para-hydroxylation sites is 4. The molecule has 6 heteroatoms. The molecule has 10 aromatic rings. The van der Waals surface area contributed by atoms with Gasteiger partial charge in [0.1, 0.15) is 11.3 Å². The fourth-order valence-corrected chi connectivity index (χ4v) is 9.28. The molecule has 5 nitrogen and oxygen atoms in total. The lowest BCUT2D eigenvalue weighted by atomic mass is 9.98. The van der Waals surface area contributed by atoms with E-state index in [0.29, 0.717) is 0 Å². The van der Waals surface area contributed by atoms with Gasteiger partial charge in [0.2, 0.25) is 0 Å². The Labute approximate surface area is 310 Å². The Balaban J connectivity index is 1.31. The van der Waals surface area contributed by atoms with Gasteiger partial charge < -0.3 is 14.3 Å². The third-order valence-corrected chi connectivity index (χ3v) is 11.7. The predicted molar refractivity (Wildman–Crippen MR) is 219 cm³/mol. The number of nitrogens with zero attached hydrogens (tertiary/aromatic N) is 3. The Morgan fingerprint density at radius 2 is 1.40 bits per heavy atom. The van der Waals surface area contributed by atoms with Gasteiger partial charge in [0.15, 0.2) is 0 Å². The van der Waals surface area contributed by atoms with Gasteiger partial charge in [0, 0.05) is 50.1 Å². The zero-order valence-electron chi connectivity index (χ0n) is 28.7. The van der Waals surface area contributed by atoms with Crippen molar-refractivity contribution in [1.82, 2.24) is 14.8 Å². The monoisotopic (exact) mass is 700 g/mol. The van der Waals surface area contributed by atoms with Crippen LogP contribution in [0.3, 0.4) is 0 Å². The van der Waals surface area contributed by atoms with Crippen LogP contribution in [-0.4, -0.2) is 21.3 Å². The van der Waals surface area contributed by atoms with Crippen LogP contribution in [-0.2, 0) is 6.42 Å². The molecule has 3 aromatic heterocycles. The summed E-state index contributed by atoms with van der Waals surface area (Å²) < 4.78 is 9.05. The van der Waals surface area contributed by atoms with Crippen molar-refractivity contribution in [2.24, 2.45) is 0 Å². The van der Waals surface area contributed by atoms with Crippen LogP contribution in [0.4, 0.5) is 11.4 Å². The maximum atomic E-state index is 6.94. The van der Waals surface area contributed by atoms with Crippen LogP contribution in [0.25, 0.3) is 71.8 Å². The molecule has 0 unspecified atom stereocenters. The minimum atomic E-state index is 0.823. The van der Waals surface area contributed by atoms with Gasteiger partial charge in [-0.3, -0.25) is 0 Å². The lowest BCUT2D eigenvalue weighted by Gasteiger charge is -2.28. The van der Waals surface area contributed by atoms with Gasteiger partial charge in [0.25, 0.3) is 0 Å². The van der Waals surface area contributed by atoms with Gasteiger partial charge in [-0.15, -0.1) is 0 Å². The first-order valence-electron chi connectivity index (χ1n) is 18.0. The Morgan fingerprint density at radius 1 is 0.642 bits per heavy atom. The summed E-state index contributed by atoms with van der Waals surface area (Å²) in [6.07, 6.45) is 2.93. The van der Waals surface area contributed by atoms with E-state index >= 15 is 0 Å².